The second-order valence-corrected chi connectivity index (χ2v) is 6.78. The second-order valence-electron chi connectivity index (χ2n) is 6.78. The summed E-state index contributed by atoms with van der Waals surface area (Å²) in [6.07, 6.45) is 6.03. The Kier molecular flexibility index (Phi) is 3.85. The van der Waals surface area contributed by atoms with E-state index in [0.717, 1.165) is 36.7 Å². The number of ether oxygens (including phenoxy) is 1. The molecule has 0 radical (unpaired) electrons. The Labute approximate surface area is 137 Å². The molecular formula is C19H24N2O2. The topological polar surface area (TPSA) is 38.5 Å². The summed E-state index contributed by atoms with van der Waals surface area (Å²) in [7, 11) is 1.78. The first kappa shape index (κ1) is 14.8. The van der Waals surface area contributed by atoms with Crippen LogP contribution in [0.25, 0.3) is 0 Å². The number of aromatic nitrogens is 1. The van der Waals surface area contributed by atoms with Crippen LogP contribution in [0.2, 0.25) is 0 Å². The molecule has 4 heteroatoms. The molecule has 1 fully saturated rings. The largest absolute Gasteiger partial charge is 0.496 e. The molecule has 0 N–H and O–H groups in total. The molecule has 1 atom stereocenters. The molecule has 1 aromatic heterocycles. The molecule has 2 heterocycles. The van der Waals surface area contributed by atoms with Gasteiger partial charge in [0.2, 0.25) is 0 Å². The van der Waals surface area contributed by atoms with Gasteiger partial charge in [0.15, 0.2) is 0 Å². The first-order chi connectivity index (χ1) is 11.2. The van der Waals surface area contributed by atoms with Crippen LogP contribution in [0.5, 0.6) is 5.75 Å². The number of methoxy groups -OCH3 is 1. The smallest absolute Gasteiger partial charge is 0.133 e. The predicted molar refractivity (Wildman–Crippen MR) is 88.6 cm³/mol. The Balaban J connectivity index is 1.59. The number of nitrogens with zero attached hydrogens (tertiary/aromatic N) is 2. The van der Waals surface area contributed by atoms with E-state index in [1.807, 2.05) is 6.92 Å². The van der Waals surface area contributed by atoms with Crippen LogP contribution in [0, 0.1) is 6.92 Å². The highest BCUT2D eigenvalue weighted by atomic mass is 16.5. The van der Waals surface area contributed by atoms with Gasteiger partial charge in [-0.2, -0.15) is 0 Å². The molecule has 0 bridgehead atoms. The highest BCUT2D eigenvalue weighted by Gasteiger charge is 2.29. The molecule has 1 aromatic carbocycles. The minimum Gasteiger partial charge on any atom is -0.496 e. The predicted octanol–water partition coefficient (Wildman–Crippen LogP) is 3.82. The normalized spacial score (nSPS) is 20.9. The number of likely N-dealkylation sites (tertiary alicyclic amines) is 1. The zero-order chi connectivity index (χ0) is 15.8. The lowest BCUT2D eigenvalue weighted by molar-refractivity contribution is 0.233. The molecular weight excluding hydrogens is 288 g/mol. The van der Waals surface area contributed by atoms with E-state index in [1.54, 1.807) is 7.11 Å². The number of rotatable bonds is 4. The molecule has 4 rings (SSSR count). The van der Waals surface area contributed by atoms with Crippen molar-refractivity contribution in [1.82, 2.24) is 10.1 Å². The first-order valence-electron chi connectivity index (χ1n) is 8.60. The van der Waals surface area contributed by atoms with E-state index in [4.69, 9.17) is 9.26 Å². The third-order valence-corrected chi connectivity index (χ3v) is 5.22. The van der Waals surface area contributed by atoms with Gasteiger partial charge in [0.1, 0.15) is 17.2 Å². The molecule has 2 aliphatic rings. The average molecular weight is 312 g/mol. The van der Waals surface area contributed by atoms with Gasteiger partial charge in [-0.25, -0.2) is 0 Å². The Hall–Kier alpha value is -1.81. The lowest BCUT2D eigenvalue weighted by atomic mass is 10.0. The molecule has 1 saturated heterocycles. The number of hydrogen-bond acceptors (Lipinski definition) is 4. The molecule has 23 heavy (non-hydrogen) atoms. The quantitative estimate of drug-likeness (QED) is 0.860. The van der Waals surface area contributed by atoms with Crippen LogP contribution in [0.3, 0.4) is 0 Å². The van der Waals surface area contributed by atoms with Crippen molar-refractivity contribution in [2.45, 2.75) is 51.6 Å². The van der Waals surface area contributed by atoms with Gasteiger partial charge in [-0.05, 0) is 62.8 Å². The molecule has 0 unspecified atom stereocenters. The minimum atomic E-state index is 0.366. The van der Waals surface area contributed by atoms with Crippen molar-refractivity contribution in [3.8, 4) is 5.75 Å². The van der Waals surface area contributed by atoms with E-state index < -0.39 is 0 Å². The Morgan fingerprint density at radius 3 is 2.78 bits per heavy atom. The molecule has 0 amide bonds. The minimum absolute atomic E-state index is 0.366. The summed E-state index contributed by atoms with van der Waals surface area (Å²) in [6, 6.07) is 7.06. The van der Waals surface area contributed by atoms with E-state index in [1.165, 1.54) is 42.4 Å². The van der Waals surface area contributed by atoms with Crippen LogP contribution in [-0.4, -0.2) is 23.7 Å². The van der Waals surface area contributed by atoms with Crippen LogP contribution < -0.4 is 4.74 Å². The van der Waals surface area contributed by atoms with Gasteiger partial charge in [-0.3, -0.25) is 4.90 Å². The summed E-state index contributed by atoms with van der Waals surface area (Å²) in [5.74, 6) is 1.93. The van der Waals surface area contributed by atoms with Gasteiger partial charge >= 0.3 is 0 Å². The van der Waals surface area contributed by atoms with Crippen LogP contribution in [-0.2, 0) is 19.4 Å². The zero-order valence-corrected chi connectivity index (χ0v) is 14.0. The van der Waals surface area contributed by atoms with E-state index >= 15 is 0 Å². The lowest BCUT2D eigenvalue weighted by Crippen LogP contribution is -2.23. The fraction of sp³-hybridized carbons (Fsp3) is 0.526. The monoisotopic (exact) mass is 312 g/mol. The van der Waals surface area contributed by atoms with Crippen molar-refractivity contribution in [2.24, 2.45) is 0 Å². The molecule has 1 aliphatic heterocycles. The third-order valence-electron chi connectivity index (χ3n) is 5.22. The lowest BCUT2D eigenvalue weighted by Gasteiger charge is -2.24. The van der Waals surface area contributed by atoms with E-state index in [-0.39, 0.29) is 0 Å². The summed E-state index contributed by atoms with van der Waals surface area (Å²) < 4.78 is 10.9. The number of fused-ring (bicyclic) bond motifs is 1. The van der Waals surface area contributed by atoms with E-state index in [9.17, 15) is 0 Å². The van der Waals surface area contributed by atoms with Crippen molar-refractivity contribution < 1.29 is 9.26 Å². The van der Waals surface area contributed by atoms with Crippen molar-refractivity contribution >= 4 is 0 Å². The Morgan fingerprint density at radius 1 is 1.22 bits per heavy atom. The molecule has 0 spiro atoms. The van der Waals surface area contributed by atoms with Crippen LogP contribution in [0.15, 0.2) is 22.7 Å². The highest BCUT2D eigenvalue weighted by Crippen LogP contribution is 2.36. The maximum atomic E-state index is 5.67. The summed E-state index contributed by atoms with van der Waals surface area (Å²) in [5, 5.41) is 4.24. The summed E-state index contributed by atoms with van der Waals surface area (Å²) in [4.78, 5) is 2.51. The maximum absolute atomic E-state index is 5.67. The summed E-state index contributed by atoms with van der Waals surface area (Å²) in [5.41, 5.74) is 5.35. The number of benzene rings is 1. The molecule has 0 saturated carbocycles. The summed E-state index contributed by atoms with van der Waals surface area (Å²) >= 11 is 0. The molecule has 4 nitrogen and oxygen atoms in total. The van der Waals surface area contributed by atoms with Gasteiger partial charge < -0.3 is 9.26 Å². The van der Waals surface area contributed by atoms with Crippen LogP contribution in [0.4, 0.5) is 0 Å². The van der Waals surface area contributed by atoms with Crippen LogP contribution in [0.1, 0.15) is 53.4 Å². The number of aryl methyl sites for hydroxylation is 3. The standard InChI is InChI=1S/C19H24N2O2/c1-13-9-17(20-23-13)18-7-4-8-21(18)12-16-10-14-5-3-6-15(14)11-19(16)22-2/h9-11,18H,3-8,12H2,1-2H3/t18-/m1/s1. The van der Waals surface area contributed by atoms with Gasteiger partial charge in [-0.15, -0.1) is 0 Å². The van der Waals surface area contributed by atoms with E-state index in [2.05, 4.69) is 28.3 Å². The Bertz CT molecular complexity index is 707. The molecule has 2 aromatic rings. The third kappa shape index (κ3) is 2.76. The highest BCUT2D eigenvalue weighted by molar-refractivity contribution is 5.45. The first-order valence-corrected chi connectivity index (χ1v) is 8.60. The van der Waals surface area contributed by atoms with Crippen molar-refractivity contribution in [3.05, 3.63) is 46.3 Å². The zero-order valence-electron chi connectivity index (χ0n) is 14.0. The van der Waals surface area contributed by atoms with Gasteiger partial charge in [0, 0.05) is 18.2 Å². The van der Waals surface area contributed by atoms with Gasteiger partial charge in [0.05, 0.1) is 13.2 Å². The van der Waals surface area contributed by atoms with Crippen molar-refractivity contribution in [3.63, 3.8) is 0 Å². The average Bonchev–Trinajstić information content (AvgIpc) is 3.26. The Morgan fingerprint density at radius 2 is 2.04 bits per heavy atom. The van der Waals surface area contributed by atoms with Gasteiger partial charge in [0.25, 0.3) is 0 Å². The molecule has 1 aliphatic carbocycles. The van der Waals surface area contributed by atoms with Crippen molar-refractivity contribution in [2.75, 3.05) is 13.7 Å². The fourth-order valence-corrected chi connectivity index (χ4v) is 4.08. The second kappa shape index (κ2) is 6.00. The fourth-order valence-electron chi connectivity index (χ4n) is 4.08. The van der Waals surface area contributed by atoms with Crippen LogP contribution >= 0.6 is 0 Å². The van der Waals surface area contributed by atoms with Gasteiger partial charge in [-0.1, -0.05) is 11.2 Å². The number of hydrogen-bond donors (Lipinski definition) is 0. The summed E-state index contributed by atoms with van der Waals surface area (Å²) in [6.45, 7) is 3.99. The molecule has 122 valence electrons. The van der Waals surface area contributed by atoms with E-state index in [0.29, 0.717) is 6.04 Å². The SMILES string of the molecule is COc1cc2c(cc1CN1CCC[C@@H]1c1cc(C)on1)CCC2. The maximum Gasteiger partial charge on any atom is 0.133 e. The van der Waals surface area contributed by atoms with Crippen molar-refractivity contribution in [1.29, 1.82) is 0 Å².